The van der Waals surface area contributed by atoms with Gasteiger partial charge < -0.3 is 19.9 Å². The Morgan fingerprint density at radius 2 is 1.70 bits per heavy atom. The minimum atomic E-state index is -1.70. The molecular weight excluding hydrogens is 498 g/mol. The summed E-state index contributed by atoms with van der Waals surface area (Å²) in [6.45, 7) is 3.34. The maximum Gasteiger partial charge on any atom is 0.351 e. The minimum Gasteiger partial charge on any atom is -0.458 e. The lowest BCUT2D eigenvalue weighted by atomic mass is 9.98. The van der Waals surface area contributed by atoms with Crippen LogP contribution in [0.5, 0.6) is 0 Å². The predicted molar refractivity (Wildman–Crippen MR) is 136 cm³/mol. The first-order chi connectivity index (χ1) is 17.6. The number of hydrogen-bond acceptors (Lipinski definition) is 8. The van der Waals surface area contributed by atoms with Gasteiger partial charge in [-0.2, -0.15) is 4.98 Å². The van der Waals surface area contributed by atoms with Crippen LogP contribution in [-0.2, 0) is 14.2 Å². The summed E-state index contributed by atoms with van der Waals surface area (Å²) in [4.78, 5) is 41.8. The van der Waals surface area contributed by atoms with E-state index < -0.39 is 42.2 Å². The normalized spacial score (nSPS) is 20.7. The van der Waals surface area contributed by atoms with Crippen LogP contribution in [0.15, 0.2) is 59.5 Å². The first-order valence-corrected chi connectivity index (χ1v) is 11.7. The first-order valence-electron chi connectivity index (χ1n) is 11.3. The number of anilines is 1. The molecular formula is C27H24ClN3O6. The van der Waals surface area contributed by atoms with E-state index in [9.17, 15) is 14.4 Å². The molecule has 0 aliphatic carbocycles. The third-order valence-electron chi connectivity index (χ3n) is 6.01. The van der Waals surface area contributed by atoms with Crippen LogP contribution in [0.3, 0.4) is 0 Å². The lowest BCUT2D eigenvalue weighted by Crippen LogP contribution is -2.45. The molecule has 4 rings (SSSR count). The van der Waals surface area contributed by atoms with Gasteiger partial charge in [0.2, 0.25) is 5.60 Å². The summed E-state index contributed by atoms with van der Waals surface area (Å²) in [5, 5.41) is 0.0282. The fourth-order valence-electron chi connectivity index (χ4n) is 3.85. The largest absolute Gasteiger partial charge is 0.458 e. The molecule has 2 heterocycles. The van der Waals surface area contributed by atoms with Crippen LogP contribution in [0.25, 0.3) is 0 Å². The lowest BCUT2D eigenvalue weighted by molar-refractivity contribution is -0.0984. The van der Waals surface area contributed by atoms with Gasteiger partial charge in [-0.05, 0) is 38.1 Å². The highest BCUT2D eigenvalue weighted by Gasteiger charge is 2.52. The smallest absolute Gasteiger partial charge is 0.351 e. The van der Waals surface area contributed by atoms with E-state index >= 15 is 0 Å². The molecule has 3 atom stereocenters. The average molecular weight is 522 g/mol. The van der Waals surface area contributed by atoms with E-state index in [2.05, 4.69) is 10.9 Å². The number of nitrogens with zero attached hydrogens (tertiary/aromatic N) is 2. The molecule has 1 aliphatic heterocycles. The van der Waals surface area contributed by atoms with Crippen LogP contribution in [-0.4, -0.2) is 39.8 Å². The van der Waals surface area contributed by atoms with E-state index in [4.69, 9.17) is 38.0 Å². The number of hydrogen-bond donors (Lipinski definition) is 1. The van der Waals surface area contributed by atoms with Crippen molar-refractivity contribution >= 4 is 29.4 Å². The van der Waals surface area contributed by atoms with E-state index in [1.165, 1.54) is 6.20 Å². The summed E-state index contributed by atoms with van der Waals surface area (Å²) in [7, 11) is 0. The molecule has 0 saturated carbocycles. The van der Waals surface area contributed by atoms with Gasteiger partial charge >= 0.3 is 17.6 Å². The molecule has 1 aliphatic rings. The molecule has 0 radical (unpaired) electrons. The summed E-state index contributed by atoms with van der Waals surface area (Å²) >= 11 is 6.07. The second-order valence-corrected chi connectivity index (χ2v) is 9.12. The quantitative estimate of drug-likeness (QED) is 0.386. The highest BCUT2D eigenvalue weighted by molar-refractivity contribution is 6.32. The zero-order chi connectivity index (χ0) is 26.7. The standard InChI is InChI=1S/C27H24ClN3O6/c1-4-27(15-35-24(32)18-9-5-16(2)6-10-18)21(36-25(33)19-11-7-17(3)8-12-19)13-22(37-27)31-14-20(28)23(29)30-26(31)34/h1,5-12,14,21-22H,13,15H2,2-3H3,(H2,29,30,34). The number of benzene rings is 2. The van der Waals surface area contributed by atoms with Crippen LogP contribution in [0, 0.1) is 26.2 Å². The molecule has 0 bridgehead atoms. The molecule has 3 unspecified atom stereocenters. The predicted octanol–water partition coefficient (Wildman–Crippen LogP) is 3.47. The van der Waals surface area contributed by atoms with Crippen LogP contribution in [0.1, 0.15) is 44.5 Å². The summed E-state index contributed by atoms with van der Waals surface area (Å²) < 4.78 is 18.4. The van der Waals surface area contributed by atoms with Crippen LogP contribution in [0.2, 0.25) is 5.02 Å². The van der Waals surface area contributed by atoms with Gasteiger partial charge in [0.25, 0.3) is 0 Å². The Morgan fingerprint density at radius 3 is 2.27 bits per heavy atom. The minimum absolute atomic E-state index is 0.0282. The van der Waals surface area contributed by atoms with Gasteiger partial charge in [-0.15, -0.1) is 6.42 Å². The number of aromatic nitrogens is 2. The Labute approximate surface area is 218 Å². The van der Waals surface area contributed by atoms with Crippen LogP contribution < -0.4 is 11.4 Å². The second-order valence-electron chi connectivity index (χ2n) is 8.71. The highest BCUT2D eigenvalue weighted by atomic mass is 35.5. The molecule has 0 spiro atoms. The van der Waals surface area contributed by atoms with Gasteiger partial charge in [-0.25, -0.2) is 14.4 Å². The SMILES string of the molecule is C#CC1(COC(=O)c2ccc(C)cc2)OC(n2cc(Cl)c(N)nc2=O)CC1OC(=O)c1ccc(C)cc1. The van der Waals surface area contributed by atoms with Crippen molar-refractivity contribution in [3.63, 3.8) is 0 Å². The Morgan fingerprint density at radius 1 is 1.14 bits per heavy atom. The van der Waals surface area contributed by atoms with E-state index in [-0.39, 0.29) is 17.3 Å². The maximum absolute atomic E-state index is 12.9. The average Bonchev–Trinajstić information content (AvgIpc) is 3.23. The van der Waals surface area contributed by atoms with Crippen molar-refractivity contribution in [2.24, 2.45) is 0 Å². The number of halogens is 1. The van der Waals surface area contributed by atoms with Gasteiger partial charge in [-0.3, -0.25) is 4.57 Å². The molecule has 0 amide bonds. The highest BCUT2D eigenvalue weighted by Crippen LogP contribution is 2.39. The number of nitrogen functional groups attached to an aromatic ring is 1. The zero-order valence-electron chi connectivity index (χ0n) is 20.1. The summed E-state index contributed by atoms with van der Waals surface area (Å²) in [6.07, 6.45) is 4.99. The molecule has 1 fully saturated rings. The van der Waals surface area contributed by atoms with Crippen LogP contribution in [0.4, 0.5) is 5.82 Å². The van der Waals surface area contributed by atoms with Crippen molar-refractivity contribution < 1.29 is 23.8 Å². The Hall–Kier alpha value is -4.13. The van der Waals surface area contributed by atoms with E-state index in [1.54, 1.807) is 48.5 Å². The fourth-order valence-corrected chi connectivity index (χ4v) is 3.99. The number of nitrogens with two attached hydrogens (primary N) is 1. The molecule has 1 saturated heterocycles. The molecule has 2 N–H and O–H groups in total. The molecule has 10 heteroatoms. The lowest BCUT2D eigenvalue weighted by Gasteiger charge is -2.28. The monoisotopic (exact) mass is 521 g/mol. The molecule has 1 aromatic heterocycles. The number of terminal acetylenes is 1. The van der Waals surface area contributed by atoms with Crippen molar-refractivity contribution in [1.29, 1.82) is 0 Å². The fraction of sp³-hybridized carbons (Fsp3) is 0.259. The summed E-state index contributed by atoms with van der Waals surface area (Å²) in [5.41, 5.74) is 5.74. The van der Waals surface area contributed by atoms with E-state index in [0.717, 1.165) is 15.7 Å². The molecule has 9 nitrogen and oxygen atoms in total. The molecule has 190 valence electrons. The third-order valence-corrected chi connectivity index (χ3v) is 6.30. The van der Waals surface area contributed by atoms with E-state index in [0.29, 0.717) is 11.1 Å². The van der Waals surface area contributed by atoms with E-state index in [1.807, 2.05) is 13.8 Å². The molecule has 3 aromatic rings. The van der Waals surface area contributed by atoms with Crippen molar-refractivity contribution in [2.75, 3.05) is 12.3 Å². The maximum atomic E-state index is 12.9. The van der Waals surface area contributed by atoms with Gasteiger partial charge in [0.05, 0.1) is 16.1 Å². The Balaban J connectivity index is 1.63. The van der Waals surface area contributed by atoms with Crippen molar-refractivity contribution in [2.45, 2.75) is 38.2 Å². The summed E-state index contributed by atoms with van der Waals surface area (Å²) in [5.74, 6) is 1.05. The number of ether oxygens (including phenoxy) is 3. The van der Waals surface area contributed by atoms with Gasteiger partial charge in [0.1, 0.15) is 18.7 Å². The van der Waals surface area contributed by atoms with Crippen molar-refractivity contribution in [3.05, 3.63) is 92.5 Å². The molecule has 37 heavy (non-hydrogen) atoms. The number of rotatable bonds is 6. The van der Waals surface area contributed by atoms with Gasteiger partial charge in [-0.1, -0.05) is 52.9 Å². The van der Waals surface area contributed by atoms with Crippen LogP contribution >= 0.6 is 11.6 Å². The second kappa shape index (κ2) is 10.5. The Kier molecular flexibility index (Phi) is 7.34. The Bertz CT molecular complexity index is 1430. The number of carbonyl (C=O) groups excluding carboxylic acids is 2. The van der Waals surface area contributed by atoms with Crippen molar-refractivity contribution in [1.82, 2.24) is 9.55 Å². The zero-order valence-corrected chi connectivity index (χ0v) is 20.9. The number of carbonyl (C=O) groups is 2. The summed E-state index contributed by atoms with van der Waals surface area (Å²) in [6, 6.07) is 13.6. The third kappa shape index (κ3) is 5.50. The first kappa shape index (κ1) is 25.9. The number of esters is 2. The van der Waals surface area contributed by atoms with Crippen molar-refractivity contribution in [3.8, 4) is 12.3 Å². The topological polar surface area (TPSA) is 123 Å². The van der Waals surface area contributed by atoms with Gasteiger partial charge in [0.15, 0.2) is 6.10 Å². The number of aryl methyl sites for hydroxylation is 2. The molecule has 2 aromatic carbocycles. The van der Waals surface area contributed by atoms with Gasteiger partial charge in [0, 0.05) is 12.6 Å².